The number of likely N-dealkylation sites (tertiary alicyclic amines) is 1. The molecule has 0 atom stereocenters. The molecular formula is C20H41N3. The SMILES string of the molecule is CC(C)CN1CCN(CCC2CCN(C(C)C)CC2)CC1(C)C. The molecule has 0 radical (unpaired) electrons. The predicted molar refractivity (Wildman–Crippen MR) is 101 cm³/mol. The highest BCUT2D eigenvalue weighted by Crippen LogP contribution is 2.25. The third-order valence-electron chi connectivity index (χ3n) is 5.97. The van der Waals surface area contributed by atoms with Crippen molar-refractivity contribution in [1.82, 2.24) is 14.7 Å². The summed E-state index contributed by atoms with van der Waals surface area (Å²) < 4.78 is 0. The summed E-state index contributed by atoms with van der Waals surface area (Å²) in [7, 11) is 0. The molecule has 0 spiro atoms. The lowest BCUT2D eigenvalue weighted by Crippen LogP contribution is -2.60. The Bertz CT molecular complexity index is 343. The van der Waals surface area contributed by atoms with Crippen LogP contribution in [0.15, 0.2) is 0 Å². The van der Waals surface area contributed by atoms with Crippen molar-refractivity contribution in [2.45, 2.75) is 72.4 Å². The Morgan fingerprint density at radius 3 is 2.13 bits per heavy atom. The Morgan fingerprint density at radius 2 is 1.61 bits per heavy atom. The zero-order valence-electron chi connectivity index (χ0n) is 16.6. The minimum Gasteiger partial charge on any atom is -0.301 e. The molecule has 3 nitrogen and oxygen atoms in total. The van der Waals surface area contributed by atoms with Crippen molar-refractivity contribution in [1.29, 1.82) is 0 Å². The first kappa shape index (κ1) is 19.2. The van der Waals surface area contributed by atoms with Crippen molar-refractivity contribution in [2.24, 2.45) is 11.8 Å². The number of hydrogen-bond donors (Lipinski definition) is 0. The van der Waals surface area contributed by atoms with Gasteiger partial charge in [0.1, 0.15) is 0 Å². The van der Waals surface area contributed by atoms with Crippen LogP contribution in [0.1, 0.15) is 60.8 Å². The van der Waals surface area contributed by atoms with Crippen LogP contribution in [0.5, 0.6) is 0 Å². The second kappa shape index (κ2) is 8.31. The van der Waals surface area contributed by atoms with Crippen LogP contribution in [0, 0.1) is 11.8 Å². The Kier molecular flexibility index (Phi) is 6.94. The second-order valence-electron chi connectivity index (χ2n) is 9.29. The van der Waals surface area contributed by atoms with Crippen molar-refractivity contribution in [3.05, 3.63) is 0 Å². The lowest BCUT2D eigenvalue weighted by molar-refractivity contribution is 0.00871. The molecule has 3 heteroatoms. The van der Waals surface area contributed by atoms with Gasteiger partial charge in [0.2, 0.25) is 0 Å². The average molecular weight is 324 g/mol. The summed E-state index contributed by atoms with van der Waals surface area (Å²) in [6, 6.07) is 0.728. The van der Waals surface area contributed by atoms with E-state index in [0.29, 0.717) is 5.54 Å². The summed E-state index contributed by atoms with van der Waals surface area (Å²) in [5, 5.41) is 0. The zero-order chi connectivity index (χ0) is 17.0. The molecule has 0 aliphatic carbocycles. The van der Waals surface area contributed by atoms with Gasteiger partial charge in [-0.25, -0.2) is 0 Å². The average Bonchev–Trinajstić information content (AvgIpc) is 2.47. The number of piperazine rings is 1. The summed E-state index contributed by atoms with van der Waals surface area (Å²) in [6.07, 6.45) is 4.23. The summed E-state index contributed by atoms with van der Waals surface area (Å²) >= 11 is 0. The molecule has 0 aromatic rings. The lowest BCUT2D eigenvalue weighted by Gasteiger charge is -2.48. The molecular weight excluding hydrogens is 282 g/mol. The van der Waals surface area contributed by atoms with Gasteiger partial charge in [0.25, 0.3) is 0 Å². The smallest absolute Gasteiger partial charge is 0.0280 e. The minimum atomic E-state index is 0.337. The number of piperidine rings is 1. The quantitative estimate of drug-likeness (QED) is 0.740. The summed E-state index contributed by atoms with van der Waals surface area (Å²) in [5.74, 6) is 1.73. The Hall–Kier alpha value is -0.120. The molecule has 0 N–H and O–H groups in total. The fraction of sp³-hybridized carbons (Fsp3) is 1.00. The highest BCUT2D eigenvalue weighted by atomic mass is 15.3. The number of rotatable bonds is 6. The van der Waals surface area contributed by atoms with Crippen LogP contribution in [0.3, 0.4) is 0 Å². The summed E-state index contributed by atoms with van der Waals surface area (Å²) in [4.78, 5) is 8.07. The molecule has 2 fully saturated rings. The molecule has 2 aliphatic heterocycles. The van der Waals surface area contributed by atoms with Gasteiger partial charge in [0, 0.05) is 37.8 Å². The van der Waals surface area contributed by atoms with E-state index in [-0.39, 0.29) is 0 Å². The second-order valence-corrected chi connectivity index (χ2v) is 9.29. The van der Waals surface area contributed by atoms with Crippen molar-refractivity contribution in [2.75, 3.05) is 45.8 Å². The monoisotopic (exact) mass is 323 g/mol. The van der Waals surface area contributed by atoms with E-state index >= 15 is 0 Å². The fourth-order valence-corrected chi connectivity index (χ4v) is 4.38. The molecule has 0 aromatic heterocycles. The number of nitrogens with zero attached hydrogens (tertiary/aromatic N) is 3. The maximum Gasteiger partial charge on any atom is 0.0280 e. The van der Waals surface area contributed by atoms with Gasteiger partial charge in [-0.1, -0.05) is 13.8 Å². The first-order chi connectivity index (χ1) is 10.8. The third-order valence-corrected chi connectivity index (χ3v) is 5.97. The van der Waals surface area contributed by atoms with Gasteiger partial charge in [-0.2, -0.15) is 0 Å². The van der Waals surface area contributed by atoms with E-state index in [1.165, 1.54) is 65.1 Å². The molecule has 0 bridgehead atoms. The van der Waals surface area contributed by atoms with E-state index < -0.39 is 0 Å². The van der Waals surface area contributed by atoms with E-state index in [2.05, 4.69) is 56.2 Å². The van der Waals surface area contributed by atoms with Crippen LogP contribution < -0.4 is 0 Å². The first-order valence-electron chi connectivity index (χ1n) is 9.99. The van der Waals surface area contributed by atoms with Crippen LogP contribution >= 0.6 is 0 Å². The molecule has 2 aliphatic rings. The van der Waals surface area contributed by atoms with Crippen LogP contribution in [0.25, 0.3) is 0 Å². The van der Waals surface area contributed by atoms with Crippen molar-refractivity contribution >= 4 is 0 Å². The molecule has 136 valence electrons. The van der Waals surface area contributed by atoms with Gasteiger partial charge in [-0.3, -0.25) is 4.90 Å². The predicted octanol–water partition coefficient (Wildman–Crippen LogP) is 3.55. The van der Waals surface area contributed by atoms with Gasteiger partial charge in [-0.05, 0) is 78.4 Å². The molecule has 23 heavy (non-hydrogen) atoms. The molecule has 2 saturated heterocycles. The molecule has 0 aromatic carbocycles. The van der Waals surface area contributed by atoms with Gasteiger partial charge >= 0.3 is 0 Å². The molecule has 2 heterocycles. The zero-order valence-corrected chi connectivity index (χ0v) is 16.6. The summed E-state index contributed by atoms with van der Waals surface area (Å²) in [5.41, 5.74) is 0.337. The summed E-state index contributed by atoms with van der Waals surface area (Å²) in [6.45, 7) is 23.1. The Morgan fingerprint density at radius 1 is 0.957 bits per heavy atom. The van der Waals surface area contributed by atoms with E-state index in [9.17, 15) is 0 Å². The lowest BCUT2D eigenvalue weighted by atomic mass is 9.91. The van der Waals surface area contributed by atoms with Gasteiger partial charge in [0.15, 0.2) is 0 Å². The normalized spacial score (nSPS) is 25.6. The maximum absolute atomic E-state index is 2.73. The number of hydrogen-bond acceptors (Lipinski definition) is 3. The van der Waals surface area contributed by atoms with Gasteiger partial charge in [-0.15, -0.1) is 0 Å². The Balaban J connectivity index is 1.71. The molecule has 0 amide bonds. The largest absolute Gasteiger partial charge is 0.301 e. The van der Waals surface area contributed by atoms with E-state index in [0.717, 1.165) is 17.9 Å². The first-order valence-corrected chi connectivity index (χ1v) is 9.99. The molecule has 0 saturated carbocycles. The minimum absolute atomic E-state index is 0.337. The topological polar surface area (TPSA) is 9.72 Å². The van der Waals surface area contributed by atoms with E-state index in [1.807, 2.05) is 0 Å². The van der Waals surface area contributed by atoms with E-state index in [1.54, 1.807) is 0 Å². The van der Waals surface area contributed by atoms with Crippen LogP contribution in [0.2, 0.25) is 0 Å². The van der Waals surface area contributed by atoms with E-state index in [4.69, 9.17) is 0 Å². The highest BCUT2D eigenvalue weighted by molar-refractivity contribution is 4.90. The van der Waals surface area contributed by atoms with Crippen LogP contribution in [-0.4, -0.2) is 72.1 Å². The van der Waals surface area contributed by atoms with Crippen LogP contribution in [-0.2, 0) is 0 Å². The van der Waals surface area contributed by atoms with Gasteiger partial charge in [0.05, 0.1) is 0 Å². The van der Waals surface area contributed by atoms with Crippen molar-refractivity contribution in [3.63, 3.8) is 0 Å². The molecule has 0 unspecified atom stereocenters. The van der Waals surface area contributed by atoms with Crippen LogP contribution in [0.4, 0.5) is 0 Å². The Labute approximate surface area is 145 Å². The van der Waals surface area contributed by atoms with Gasteiger partial charge < -0.3 is 9.80 Å². The maximum atomic E-state index is 2.73. The third kappa shape index (κ3) is 5.72. The highest BCUT2D eigenvalue weighted by Gasteiger charge is 2.33. The van der Waals surface area contributed by atoms with Crippen molar-refractivity contribution in [3.8, 4) is 0 Å². The standard InChI is InChI=1S/C20H41N3/c1-17(2)15-23-14-13-21(16-20(23,5)6)10-7-19-8-11-22(12-9-19)18(3)4/h17-19H,7-16H2,1-6H3. The van der Waals surface area contributed by atoms with Crippen molar-refractivity contribution < 1.29 is 0 Å². The molecule has 2 rings (SSSR count). The fourth-order valence-electron chi connectivity index (χ4n) is 4.38.